The second-order valence-electron chi connectivity index (χ2n) is 10.7. The predicted molar refractivity (Wildman–Crippen MR) is 125 cm³/mol. The highest BCUT2D eigenvalue weighted by Crippen LogP contribution is 2.55. The first-order chi connectivity index (χ1) is 15.6. The number of pyridine rings is 1. The van der Waals surface area contributed by atoms with Crippen molar-refractivity contribution in [3.05, 3.63) is 59.4 Å². The number of likely N-dealkylation sites (tertiary alicyclic amines) is 2. The average Bonchev–Trinajstić information content (AvgIpc) is 3.62. The monoisotopic (exact) mass is 433 g/mol. The highest BCUT2D eigenvalue weighted by atomic mass is 16.3. The molecule has 3 fully saturated rings. The molecule has 32 heavy (non-hydrogen) atoms. The third kappa shape index (κ3) is 3.37. The van der Waals surface area contributed by atoms with Crippen LogP contribution in [-0.2, 0) is 18.3 Å². The van der Waals surface area contributed by atoms with Crippen LogP contribution in [0.1, 0.15) is 48.9 Å². The van der Waals surface area contributed by atoms with Crippen LogP contribution in [0, 0.1) is 5.92 Å². The summed E-state index contributed by atoms with van der Waals surface area (Å²) >= 11 is 0. The largest absolute Gasteiger partial charge is 0.508 e. The second kappa shape index (κ2) is 7.82. The fraction of sp³-hybridized carbons (Fsp3) is 0.593. The lowest BCUT2D eigenvalue weighted by molar-refractivity contribution is -0.151. The molecule has 0 radical (unpaired) electrons. The fourth-order valence-electron chi connectivity index (χ4n) is 6.99. The first kappa shape index (κ1) is 20.6. The van der Waals surface area contributed by atoms with Crippen molar-refractivity contribution in [3.8, 4) is 5.75 Å². The Balaban J connectivity index is 1.36. The zero-order valence-corrected chi connectivity index (χ0v) is 18.9. The average molecular weight is 434 g/mol. The van der Waals surface area contributed by atoms with Gasteiger partial charge in [-0.1, -0.05) is 12.1 Å². The van der Waals surface area contributed by atoms with Gasteiger partial charge in [0.2, 0.25) is 0 Å². The van der Waals surface area contributed by atoms with Gasteiger partial charge in [-0.3, -0.25) is 9.88 Å². The van der Waals surface area contributed by atoms with Crippen LogP contribution >= 0.6 is 0 Å². The van der Waals surface area contributed by atoms with Crippen molar-refractivity contribution in [1.82, 2.24) is 14.8 Å². The van der Waals surface area contributed by atoms with E-state index in [9.17, 15) is 10.2 Å². The maximum Gasteiger partial charge on any atom is 0.115 e. The number of aromatic nitrogens is 1. The molecule has 4 aliphatic rings. The van der Waals surface area contributed by atoms with Crippen LogP contribution in [-0.4, -0.2) is 69.4 Å². The third-order valence-electron chi connectivity index (χ3n) is 8.79. The zero-order valence-electron chi connectivity index (χ0n) is 18.9. The Morgan fingerprint density at radius 1 is 1.09 bits per heavy atom. The molecule has 1 aromatic heterocycles. The Labute approximate surface area is 191 Å². The van der Waals surface area contributed by atoms with Gasteiger partial charge in [0.25, 0.3) is 0 Å². The molecule has 2 bridgehead atoms. The molecule has 2 aliphatic carbocycles. The summed E-state index contributed by atoms with van der Waals surface area (Å²) in [5.41, 5.74) is 2.60. The molecule has 1 saturated carbocycles. The summed E-state index contributed by atoms with van der Waals surface area (Å²) in [5.74, 6) is 1.15. The number of piperidine rings is 1. The van der Waals surface area contributed by atoms with Crippen LogP contribution in [0.5, 0.6) is 5.75 Å². The molecule has 0 amide bonds. The summed E-state index contributed by atoms with van der Waals surface area (Å²) in [6.07, 6.45) is 9.21. The molecule has 170 valence electrons. The van der Waals surface area contributed by atoms with Gasteiger partial charge in [0.15, 0.2) is 0 Å². The minimum absolute atomic E-state index is 0.185. The van der Waals surface area contributed by atoms with E-state index < -0.39 is 5.60 Å². The topological polar surface area (TPSA) is 59.8 Å². The molecule has 0 spiro atoms. The number of phenolic OH excluding ortho intramolecular Hbond substituents is 1. The molecular formula is C27H35N3O2. The summed E-state index contributed by atoms with van der Waals surface area (Å²) in [7, 11) is 0. The van der Waals surface area contributed by atoms with Crippen LogP contribution in [0.2, 0.25) is 0 Å². The molecule has 2 aromatic rings. The second-order valence-corrected chi connectivity index (χ2v) is 10.7. The van der Waals surface area contributed by atoms with E-state index in [1.165, 1.54) is 24.0 Å². The van der Waals surface area contributed by atoms with Gasteiger partial charge in [-0.05, 0) is 92.9 Å². The number of rotatable bonds is 5. The SMILES string of the molecule is Oc1ccc2c(c1)[C@]13CCN(CC4CC4)[C@H](C2)[C@]1(O)CCCN(CCc1ccccn1)C3. The number of fused-ring (bicyclic) bond motifs is 1. The van der Waals surface area contributed by atoms with Gasteiger partial charge in [-0.2, -0.15) is 0 Å². The van der Waals surface area contributed by atoms with E-state index in [0.717, 1.165) is 76.4 Å². The normalized spacial score (nSPS) is 32.7. The molecule has 3 atom stereocenters. The Kier molecular flexibility index (Phi) is 5.05. The molecule has 3 heterocycles. The molecule has 6 rings (SSSR count). The molecule has 1 aromatic carbocycles. The van der Waals surface area contributed by atoms with Gasteiger partial charge in [0.1, 0.15) is 5.75 Å². The van der Waals surface area contributed by atoms with Crippen molar-refractivity contribution >= 4 is 0 Å². The lowest BCUT2D eigenvalue weighted by atomic mass is 9.53. The predicted octanol–water partition coefficient (Wildman–Crippen LogP) is 3.14. The number of aromatic hydroxyl groups is 1. The Bertz CT molecular complexity index is 978. The molecule has 5 nitrogen and oxygen atoms in total. The quantitative estimate of drug-likeness (QED) is 0.759. The van der Waals surface area contributed by atoms with E-state index in [-0.39, 0.29) is 11.5 Å². The van der Waals surface area contributed by atoms with E-state index in [1.807, 2.05) is 24.4 Å². The number of nitrogens with zero attached hydrogens (tertiary/aromatic N) is 3. The van der Waals surface area contributed by atoms with Crippen LogP contribution in [0.3, 0.4) is 0 Å². The Hall–Kier alpha value is -1.95. The van der Waals surface area contributed by atoms with Gasteiger partial charge >= 0.3 is 0 Å². The van der Waals surface area contributed by atoms with E-state index >= 15 is 0 Å². The van der Waals surface area contributed by atoms with Crippen molar-refractivity contribution in [1.29, 1.82) is 0 Å². The zero-order chi connectivity index (χ0) is 21.8. The van der Waals surface area contributed by atoms with Crippen molar-refractivity contribution in [2.45, 2.75) is 62.0 Å². The van der Waals surface area contributed by atoms with Gasteiger partial charge < -0.3 is 15.1 Å². The molecule has 5 heteroatoms. The fourth-order valence-corrected chi connectivity index (χ4v) is 6.99. The van der Waals surface area contributed by atoms with E-state index in [0.29, 0.717) is 5.75 Å². The maximum atomic E-state index is 12.5. The first-order valence-corrected chi connectivity index (χ1v) is 12.5. The van der Waals surface area contributed by atoms with Gasteiger partial charge in [-0.15, -0.1) is 0 Å². The Morgan fingerprint density at radius 2 is 2.00 bits per heavy atom. The van der Waals surface area contributed by atoms with E-state index in [2.05, 4.69) is 33.0 Å². The molecule has 2 saturated heterocycles. The minimum atomic E-state index is -0.735. The lowest BCUT2D eigenvalue weighted by Crippen LogP contribution is -2.73. The lowest BCUT2D eigenvalue weighted by Gasteiger charge is -2.62. The van der Waals surface area contributed by atoms with Crippen LogP contribution in [0.15, 0.2) is 42.6 Å². The summed E-state index contributed by atoms with van der Waals surface area (Å²) in [6, 6.07) is 12.2. The Morgan fingerprint density at radius 3 is 2.81 bits per heavy atom. The van der Waals surface area contributed by atoms with Gasteiger partial charge in [-0.25, -0.2) is 0 Å². The summed E-state index contributed by atoms with van der Waals surface area (Å²) in [4.78, 5) is 9.69. The van der Waals surface area contributed by atoms with Crippen molar-refractivity contribution < 1.29 is 10.2 Å². The van der Waals surface area contributed by atoms with Crippen LogP contribution in [0.4, 0.5) is 0 Å². The van der Waals surface area contributed by atoms with E-state index in [1.54, 1.807) is 0 Å². The molecule has 2 aliphatic heterocycles. The standard InChI is InChI=1S/C27H35N3O2/c31-23-8-7-21-16-25-27(32)10-3-13-29(14-9-22-4-1-2-12-28-22)19-26(27,24(21)17-23)11-15-30(25)18-20-5-6-20/h1-2,4,7-8,12,17,20,25,31-32H,3,5-6,9-11,13-16,18-19H2/t25-,26-,27-/m1/s1. The minimum Gasteiger partial charge on any atom is -0.508 e. The van der Waals surface area contributed by atoms with E-state index in [4.69, 9.17) is 0 Å². The molecule has 0 unspecified atom stereocenters. The third-order valence-corrected chi connectivity index (χ3v) is 8.79. The highest BCUT2D eigenvalue weighted by Gasteiger charge is 2.63. The number of phenols is 1. The molecule has 2 N–H and O–H groups in total. The summed E-state index contributed by atoms with van der Waals surface area (Å²) in [5, 5.41) is 22.9. The van der Waals surface area contributed by atoms with Crippen molar-refractivity contribution in [3.63, 3.8) is 0 Å². The van der Waals surface area contributed by atoms with Crippen molar-refractivity contribution in [2.24, 2.45) is 5.92 Å². The number of hydrogen-bond donors (Lipinski definition) is 2. The maximum absolute atomic E-state index is 12.5. The number of hydrogen-bond acceptors (Lipinski definition) is 5. The molecular weight excluding hydrogens is 398 g/mol. The number of aliphatic hydroxyl groups is 1. The first-order valence-electron chi connectivity index (χ1n) is 12.5. The van der Waals surface area contributed by atoms with Gasteiger partial charge in [0.05, 0.1) is 5.60 Å². The number of benzene rings is 1. The van der Waals surface area contributed by atoms with Crippen LogP contribution < -0.4 is 0 Å². The summed E-state index contributed by atoms with van der Waals surface area (Å²) < 4.78 is 0. The highest BCUT2D eigenvalue weighted by molar-refractivity contribution is 5.48. The summed E-state index contributed by atoms with van der Waals surface area (Å²) in [6.45, 7) is 5.02. The van der Waals surface area contributed by atoms with Gasteiger partial charge in [0, 0.05) is 49.4 Å². The van der Waals surface area contributed by atoms with Crippen LogP contribution in [0.25, 0.3) is 0 Å². The van der Waals surface area contributed by atoms with Crippen molar-refractivity contribution in [2.75, 3.05) is 32.7 Å². The smallest absolute Gasteiger partial charge is 0.115 e.